The number of nitrogens with one attached hydrogen (secondary N) is 2. The molecular formula is C14H21FN2O3S. The summed E-state index contributed by atoms with van der Waals surface area (Å²) in [7, 11) is -2.37. The fourth-order valence-electron chi connectivity index (χ4n) is 1.81. The van der Waals surface area contributed by atoms with Gasteiger partial charge in [-0.3, -0.25) is 0 Å². The summed E-state index contributed by atoms with van der Waals surface area (Å²) in [5, 5.41) is 3.26. The van der Waals surface area contributed by atoms with Crippen LogP contribution in [0.25, 0.3) is 0 Å². The number of rotatable bonds is 8. The van der Waals surface area contributed by atoms with E-state index in [9.17, 15) is 12.8 Å². The summed E-state index contributed by atoms with van der Waals surface area (Å²) >= 11 is 0. The Morgan fingerprint density at radius 3 is 2.71 bits per heavy atom. The molecule has 0 saturated heterocycles. The Balaban J connectivity index is 2.04. The van der Waals surface area contributed by atoms with Crippen molar-refractivity contribution in [3.63, 3.8) is 0 Å². The number of sulfonamides is 1. The van der Waals surface area contributed by atoms with Gasteiger partial charge in [0.25, 0.3) is 0 Å². The molecule has 0 heterocycles. The predicted molar refractivity (Wildman–Crippen MR) is 77.9 cm³/mol. The minimum absolute atomic E-state index is 0.100. The number of methoxy groups -OCH3 is 1. The Bertz CT molecular complexity index is 588. The van der Waals surface area contributed by atoms with Gasteiger partial charge in [0.2, 0.25) is 10.0 Å². The highest BCUT2D eigenvalue weighted by Crippen LogP contribution is 2.20. The maximum atomic E-state index is 14.0. The quantitative estimate of drug-likeness (QED) is 0.760. The van der Waals surface area contributed by atoms with E-state index in [0.717, 1.165) is 18.4 Å². The third-order valence-corrected chi connectivity index (χ3v) is 4.88. The summed E-state index contributed by atoms with van der Waals surface area (Å²) < 4.78 is 45.4. The fourth-order valence-corrected chi connectivity index (χ4v) is 2.98. The van der Waals surface area contributed by atoms with E-state index in [-0.39, 0.29) is 17.5 Å². The van der Waals surface area contributed by atoms with Gasteiger partial charge in [0.05, 0.1) is 6.10 Å². The molecule has 0 aromatic heterocycles. The van der Waals surface area contributed by atoms with E-state index < -0.39 is 15.8 Å². The lowest BCUT2D eigenvalue weighted by Gasteiger charge is -2.12. The molecule has 0 bridgehead atoms. The topological polar surface area (TPSA) is 67.4 Å². The van der Waals surface area contributed by atoms with E-state index in [4.69, 9.17) is 4.74 Å². The molecule has 1 fully saturated rings. The van der Waals surface area contributed by atoms with Crippen LogP contribution in [0, 0.1) is 5.82 Å². The Morgan fingerprint density at radius 2 is 2.14 bits per heavy atom. The monoisotopic (exact) mass is 316 g/mol. The van der Waals surface area contributed by atoms with Gasteiger partial charge in [0, 0.05) is 26.2 Å². The van der Waals surface area contributed by atoms with Gasteiger partial charge in [-0.25, -0.2) is 17.5 Å². The molecule has 118 valence electrons. The number of halogens is 1. The predicted octanol–water partition coefficient (Wildman–Crippen LogP) is 1.39. The van der Waals surface area contributed by atoms with Crippen LogP contribution in [0.4, 0.5) is 4.39 Å². The average Bonchev–Trinajstić information content (AvgIpc) is 3.26. The van der Waals surface area contributed by atoms with Gasteiger partial charge < -0.3 is 10.1 Å². The molecule has 1 saturated carbocycles. The minimum Gasteiger partial charge on any atom is -0.380 e. The maximum absolute atomic E-state index is 14.0. The molecule has 1 atom stereocenters. The zero-order chi connectivity index (χ0) is 15.5. The molecule has 0 aliphatic heterocycles. The van der Waals surface area contributed by atoms with Gasteiger partial charge in [-0.15, -0.1) is 0 Å². The Morgan fingerprint density at radius 1 is 1.43 bits per heavy atom. The Hall–Kier alpha value is -1.02. The molecule has 0 spiro atoms. The van der Waals surface area contributed by atoms with E-state index in [1.165, 1.54) is 19.2 Å². The molecule has 0 radical (unpaired) electrons. The molecule has 1 aliphatic carbocycles. The first-order valence-electron chi connectivity index (χ1n) is 6.96. The van der Waals surface area contributed by atoms with Crippen LogP contribution in [-0.2, 0) is 21.3 Å². The van der Waals surface area contributed by atoms with E-state index >= 15 is 0 Å². The van der Waals surface area contributed by atoms with Crippen molar-refractivity contribution in [1.82, 2.24) is 10.0 Å². The van der Waals surface area contributed by atoms with Crippen LogP contribution in [-0.4, -0.2) is 34.2 Å². The Kier molecular flexibility index (Phi) is 5.32. The van der Waals surface area contributed by atoms with Gasteiger partial charge >= 0.3 is 0 Å². The van der Waals surface area contributed by atoms with E-state index in [2.05, 4.69) is 10.0 Å². The normalized spacial score (nSPS) is 16.9. The molecule has 2 rings (SSSR count). The van der Waals surface area contributed by atoms with Crippen LogP contribution in [0.15, 0.2) is 23.1 Å². The molecule has 1 aromatic carbocycles. The van der Waals surface area contributed by atoms with Crippen LogP contribution < -0.4 is 10.0 Å². The molecular weight excluding hydrogens is 295 g/mol. The summed E-state index contributed by atoms with van der Waals surface area (Å²) in [5.41, 5.74) is 0.739. The summed E-state index contributed by atoms with van der Waals surface area (Å²) in [5.74, 6) is -0.734. The number of benzene rings is 1. The van der Waals surface area contributed by atoms with E-state index in [0.29, 0.717) is 12.6 Å². The lowest BCUT2D eigenvalue weighted by Crippen LogP contribution is -2.32. The number of hydrogen-bond acceptors (Lipinski definition) is 4. The highest BCUT2D eigenvalue weighted by atomic mass is 32.2. The fraction of sp³-hybridized carbons (Fsp3) is 0.571. The van der Waals surface area contributed by atoms with E-state index in [1.54, 1.807) is 13.0 Å². The summed E-state index contributed by atoms with van der Waals surface area (Å²) in [6.45, 7) is 2.38. The summed E-state index contributed by atoms with van der Waals surface area (Å²) in [6, 6.07) is 4.73. The second-order valence-corrected chi connectivity index (χ2v) is 7.05. The standard InChI is InChI=1S/C14H21FN2O3S/c1-10(20-2)8-17-21(18,19)14-6-3-11(7-13(14)15)9-16-12-4-5-12/h3,6-7,10,12,16-17H,4-5,8-9H2,1-2H3. The maximum Gasteiger partial charge on any atom is 0.243 e. The second-order valence-electron chi connectivity index (χ2n) is 5.32. The van der Waals surface area contributed by atoms with Crippen molar-refractivity contribution in [3.05, 3.63) is 29.6 Å². The highest BCUT2D eigenvalue weighted by Gasteiger charge is 2.22. The van der Waals surface area contributed by atoms with Crippen molar-refractivity contribution in [2.45, 2.75) is 43.4 Å². The smallest absolute Gasteiger partial charge is 0.243 e. The van der Waals surface area contributed by atoms with Gasteiger partial charge in [-0.1, -0.05) is 6.07 Å². The van der Waals surface area contributed by atoms with Gasteiger partial charge in [0.15, 0.2) is 0 Å². The van der Waals surface area contributed by atoms with E-state index in [1.807, 2.05) is 0 Å². The average molecular weight is 316 g/mol. The van der Waals surface area contributed by atoms with Crippen LogP contribution in [0.5, 0.6) is 0 Å². The molecule has 2 N–H and O–H groups in total. The molecule has 5 nitrogen and oxygen atoms in total. The molecule has 7 heteroatoms. The third-order valence-electron chi connectivity index (χ3n) is 3.42. The lowest BCUT2D eigenvalue weighted by atomic mass is 10.2. The zero-order valence-electron chi connectivity index (χ0n) is 12.2. The van der Waals surface area contributed by atoms with Crippen molar-refractivity contribution in [2.24, 2.45) is 0 Å². The first kappa shape index (κ1) is 16.4. The zero-order valence-corrected chi connectivity index (χ0v) is 13.0. The molecule has 21 heavy (non-hydrogen) atoms. The first-order chi connectivity index (χ1) is 9.92. The van der Waals surface area contributed by atoms with Crippen LogP contribution in [0.2, 0.25) is 0 Å². The second kappa shape index (κ2) is 6.83. The molecule has 0 amide bonds. The van der Waals surface area contributed by atoms with Crippen LogP contribution >= 0.6 is 0 Å². The number of hydrogen-bond donors (Lipinski definition) is 2. The van der Waals surface area contributed by atoms with Crippen molar-refractivity contribution in [3.8, 4) is 0 Å². The van der Waals surface area contributed by atoms with Gasteiger partial charge in [0.1, 0.15) is 10.7 Å². The first-order valence-corrected chi connectivity index (χ1v) is 8.45. The van der Waals surface area contributed by atoms with Crippen molar-refractivity contribution < 1.29 is 17.5 Å². The highest BCUT2D eigenvalue weighted by molar-refractivity contribution is 7.89. The van der Waals surface area contributed by atoms with Gasteiger partial charge in [-0.2, -0.15) is 0 Å². The van der Waals surface area contributed by atoms with Crippen LogP contribution in [0.3, 0.4) is 0 Å². The lowest BCUT2D eigenvalue weighted by molar-refractivity contribution is 0.122. The summed E-state index contributed by atoms with van der Waals surface area (Å²) in [6.07, 6.45) is 2.03. The molecule has 1 aromatic rings. The molecule has 1 aliphatic rings. The van der Waals surface area contributed by atoms with Crippen molar-refractivity contribution >= 4 is 10.0 Å². The SMILES string of the molecule is COC(C)CNS(=O)(=O)c1ccc(CNC2CC2)cc1F. The Labute approximate surface area is 124 Å². The van der Waals surface area contributed by atoms with Gasteiger partial charge in [-0.05, 0) is 37.5 Å². The number of ether oxygens (including phenoxy) is 1. The summed E-state index contributed by atoms with van der Waals surface area (Å²) in [4.78, 5) is -0.332. The van der Waals surface area contributed by atoms with Crippen molar-refractivity contribution in [1.29, 1.82) is 0 Å². The van der Waals surface area contributed by atoms with Crippen LogP contribution in [0.1, 0.15) is 25.3 Å². The molecule has 1 unspecified atom stereocenters. The largest absolute Gasteiger partial charge is 0.380 e. The third kappa shape index (κ3) is 4.74. The van der Waals surface area contributed by atoms with Crippen molar-refractivity contribution in [2.75, 3.05) is 13.7 Å². The minimum atomic E-state index is -3.86.